The van der Waals surface area contributed by atoms with Gasteiger partial charge in [-0.3, -0.25) is 4.79 Å². The van der Waals surface area contributed by atoms with Gasteiger partial charge in [0.25, 0.3) is 0 Å². The average molecular weight is 299 g/mol. The molecule has 1 aromatic carbocycles. The maximum Gasteiger partial charge on any atom is 0.243 e. The van der Waals surface area contributed by atoms with Crippen molar-refractivity contribution >= 4 is 21.6 Å². The van der Waals surface area contributed by atoms with E-state index in [1.165, 1.54) is 18.2 Å². The largest absolute Gasteiger partial charge is 0.273 e. The molecule has 4 nitrogen and oxygen atoms in total. The molecule has 2 rings (SSSR count). The molecule has 0 N–H and O–H groups in total. The van der Waals surface area contributed by atoms with Crippen molar-refractivity contribution in [3.8, 4) is 0 Å². The maximum absolute atomic E-state index is 13.8. The van der Waals surface area contributed by atoms with Crippen LogP contribution in [-0.2, 0) is 14.8 Å². The second-order valence-corrected chi connectivity index (χ2v) is 6.98. The predicted octanol–water partition coefficient (Wildman–Crippen LogP) is 2.70. The van der Waals surface area contributed by atoms with E-state index in [4.69, 9.17) is 0 Å². The van der Waals surface area contributed by atoms with Gasteiger partial charge in [0, 0.05) is 5.92 Å². The highest BCUT2D eigenvalue weighted by atomic mass is 32.2. The predicted molar refractivity (Wildman–Crippen MR) is 75.3 cm³/mol. The number of amides is 1. The molecule has 6 heteroatoms. The van der Waals surface area contributed by atoms with E-state index in [1.54, 1.807) is 0 Å². The van der Waals surface area contributed by atoms with Gasteiger partial charge in [-0.1, -0.05) is 31.4 Å². The fourth-order valence-corrected chi connectivity index (χ4v) is 3.57. The molecule has 0 bridgehead atoms. The van der Waals surface area contributed by atoms with Crippen LogP contribution >= 0.6 is 0 Å². The van der Waals surface area contributed by atoms with Crippen molar-refractivity contribution in [1.29, 1.82) is 0 Å². The molecule has 1 fully saturated rings. The average Bonchev–Trinajstić information content (AvgIpc) is 2.41. The van der Waals surface area contributed by atoms with Gasteiger partial charge < -0.3 is 0 Å². The Hall–Kier alpha value is -1.43. The van der Waals surface area contributed by atoms with E-state index >= 15 is 0 Å². The summed E-state index contributed by atoms with van der Waals surface area (Å²) in [6.07, 6.45) is 5.14. The van der Waals surface area contributed by atoms with Gasteiger partial charge in [0.05, 0.1) is 11.9 Å². The molecule has 0 unspecified atom stereocenters. The number of benzene rings is 1. The van der Waals surface area contributed by atoms with E-state index in [1.807, 2.05) is 0 Å². The quantitative estimate of drug-likeness (QED) is 0.862. The molecule has 0 radical (unpaired) electrons. The summed E-state index contributed by atoms with van der Waals surface area (Å²) in [5.74, 6) is -1.56. The zero-order chi connectivity index (χ0) is 14.8. The number of hydrogen-bond acceptors (Lipinski definition) is 3. The van der Waals surface area contributed by atoms with Gasteiger partial charge in [-0.2, -0.15) is 0 Å². The van der Waals surface area contributed by atoms with E-state index in [2.05, 4.69) is 0 Å². The third-order valence-corrected chi connectivity index (χ3v) is 4.60. The number of rotatable bonds is 3. The summed E-state index contributed by atoms with van der Waals surface area (Å²) in [4.78, 5) is 12.5. The first-order chi connectivity index (χ1) is 9.41. The summed E-state index contributed by atoms with van der Waals surface area (Å²) in [6.45, 7) is 0. The second kappa shape index (κ2) is 5.91. The third-order valence-electron chi connectivity index (χ3n) is 3.56. The topological polar surface area (TPSA) is 54.5 Å². The summed E-state index contributed by atoms with van der Waals surface area (Å²) < 4.78 is 38.3. The SMILES string of the molecule is CS(=O)(=O)N(C(=O)C1CCCCC1)c1ccccc1F. The Kier molecular flexibility index (Phi) is 4.42. The summed E-state index contributed by atoms with van der Waals surface area (Å²) in [5.41, 5.74) is -0.189. The standard InChI is InChI=1S/C14H18FNO3S/c1-20(18,19)16(13-10-6-5-9-12(13)15)14(17)11-7-3-2-4-8-11/h5-6,9-11H,2-4,7-8H2,1H3. The number of halogens is 1. The van der Waals surface area contributed by atoms with Gasteiger partial charge in [-0.15, -0.1) is 0 Å². The maximum atomic E-state index is 13.8. The van der Waals surface area contributed by atoms with Gasteiger partial charge in [0.2, 0.25) is 15.9 Å². The van der Waals surface area contributed by atoms with Crippen molar-refractivity contribution in [2.24, 2.45) is 5.92 Å². The summed E-state index contributed by atoms with van der Waals surface area (Å²) >= 11 is 0. The molecular formula is C14H18FNO3S. The van der Waals surface area contributed by atoms with Gasteiger partial charge in [0.15, 0.2) is 0 Å². The molecule has 0 saturated heterocycles. The Balaban J connectivity index is 2.39. The number of nitrogens with zero attached hydrogens (tertiary/aromatic N) is 1. The van der Waals surface area contributed by atoms with Gasteiger partial charge in [-0.25, -0.2) is 17.1 Å². The smallest absolute Gasteiger partial charge is 0.243 e. The van der Waals surface area contributed by atoms with Crippen LogP contribution in [0.25, 0.3) is 0 Å². The molecule has 1 saturated carbocycles. The van der Waals surface area contributed by atoms with E-state index in [-0.39, 0.29) is 11.6 Å². The zero-order valence-corrected chi connectivity index (χ0v) is 12.2. The van der Waals surface area contributed by atoms with E-state index in [9.17, 15) is 17.6 Å². The summed E-state index contributed by atoms with van der Waals surface area (Å²) in [6, 6.07) is 5.45. The lowest BCUT2D eigenvalue weighted by Gasteiger charge is -2.27. The number of carbonyl (C=O) groups excluding carboxylic acids is 1. The second-order valence-electron chi connectivity index (χ2n) is 5.15. The van der Waals surface area contributed by atoms with Crippen LogP contribution in [-0.4, -0.2) is 20.6 Å². The molecule has 0 aliphatic heterocycles. The molecule has 0 atom stereocenters. The van der Waals surface area contributed by atoms with Crippen LogP contribution < -0.4 is 4.31 Å². The van der Waals surface area contributed by atoms with Crippen LogP contribution in [0.2, 0.25) is 0 Å². The summed E-state index contributed by atoms with van der Waals surface area (Å²) in [7, 11) is -3.85. The lowest BCUT2D eigenvalue weighted by Crippen LogP contribution is -2.41. The lowest BCUT2D eigenvalue weighted by molar-refractivity contribution is -0.122. The molecule has 0 spiro atoms. The fourth-order valence-electron chi connectivity index (χ4n) is 2.59. The van der Waals surface area contributed by atoms with E-state index < -0.39 is 21.7 Å². The van der Waals surface area contributed by atoms with Crippen LogP contribution in [0.3, 0.4) is 0 Å². The minimum Gasteiger partial charge on any atom is -0.273 e. The lowest BCUT2D eigenvalue weighted by atomic mass is 9.88. The third kappa shape index (κ3) is 3.17. The Labute approximate surface area is 118 Å². The highest BCUT2D eigenvalue weighted by molar-refractivity contribution is 7.92. The highest BCUT2D eigenvalue weighted by Gasteiger charge is 2.33. The number of carbonyl (C=O) groups is 1. The fraction of sp³-hybridized carbons (Fsp3) is 0.500. The molecule has 0 aromatic heterocycles. The van der Waals surface area contributed by atoms with Crippen molar-refractivity contribution in [1.82, 2.24) is 0 Å². The number of para-hydroxylation sites is 1. The highest BCUT2D eigenvalue weighted by Crippen LogP contribution is 2.30. The van der Waals surface area contributed by atoms with Crippen molar-refractivity contribution in [2.45, 2.75) is 32.1 Å². The Morgan fingerprint density at radius 3 is 2.35 bits per heavy atom. The van der Waals surface area contributed by atoms with Crippen molar-refractivity contribution < 1.29 is 17.6 Å². The molecule has 20 heavy (non-hydrogen) atoms. The van der Waals surface area contributed by atoms with E-state index in [0.717, 1.165) is 31.6 Å². The Morgan fingerprint density at radius 2 is 1.80 bits per heavy atom. The van der Waals surface area contributed by atoms with Crippen molar-refractivity contribution in [2.75, 3.05) is 10.6 Å². The first-order valence-electron chi connectivity index (χ1n) is 6.70. The zero-order valence-electron chi connectivity index (χ0n) is 11.4. The van der Waals surface area contributed by atoms with Crippen LogP contribution in [0.1, 0.15) is 32.1 Å². The monoisotopic (exact) mass is 299 g/mol. The number of sulfonamides is 1. The molecule has 1 aromatic rings. The van der Waals surface area contributed by atoms with Crippen molar-refractivity contribution in [3.05, 3.63) is 30.1 Å². The number of anilines is 1. The summed E-state index contributed by atoms with van der Waals surface area (Å²) in [5, 5.41) is 0. The van der Waals surface area contributed by atoms with Crippen LogP contribution in [0.5, 0.6) is 0 Å². The van der Waals surface area contributed by atoms with Crippen molar-refractivity contribution in [3.63, 3.8) is 0 Å². The van der Waals surface area contributed by atoms with Gasteiger partial charge >= 0.3 is 0 Å². The van der Waals surface area contributed by atoms with Gasteiger partial charge in [0.1, 0.15) is 5.82 Å². The van der Waals surface area contributed by atoms with Crippen LogP contribution in [0, 0.1) is 11.7 Å². The minimum atomic E-state index is -3.85. The molecule has 1 aliphatic carbocycles. The Morgan fingerprint density at radius 1 is 1.20 bits per heavy atom. The normalized spacial score (nSPS) is 16.9. The molecule has 1 aliphatic rings. The number of hydrogen-bond donors (Lipinski definition) is 0. The first-order valence-corrected chi connectivity index (χ1v) is 8.55. The Bertz CT molecular complexity index is 594. The molecular weight excluding hydrogens is 281 g/mol. The minimum absolute atomic E-state index is 0.189. The molecule has 1 amide bonds. The first kappa shape index (κ1) is 15.0. The van der Waals surface area contributed by atoms with E-state index in [0.29, 0.717) is 17.1 Å². The van der Waals surface area contributed by atoms with Crippen LogP contribution in [0.15, 0.2) is 24.3 Å². The van der Waals surface area contributed by atoms with Gasteiger partial charge in [-0.05, 0) is 25.0 Å². The molecule has 110 valence electrons. The van der Waals surface area contributed by atoms with Crippen LogP contribution in [0.4, 0.5) is 10.1 Å². The molecule has 0 heterocycles.